The highest BCUT2D eigenvalue weighted by Crippen LogP contribution is 2.31. The number of carbonyl (C=O) groups excluding carboxylic acids is 5. The van der Waals surface area contributed by atoms with Gasteiger partial charge in [-0.2, -0.15) is 0 Å². The van der Waals surface area contributed by atoms with Crippen molar-refractivity contribution in [3.63, 3.8) is 0 Å². The van der Waals surface area contributed by atoms with Crippen LogP contribution < -0.4 is 5.32 Å². The first-order valence-corrected chi connectivity index (χ1v) is 19.6. The van der Waals surface area contributed by atoms with Crippen molar-refractivity contribution in [3.8, 4) is 0 Å². The molecule has 0 aromatic carbocycles. The van der Waals surface area contributed by atoms with Crippen LogP contribution in [0.1, 0.15) is 181 Å². The first-order valence-electron chi connectivity index (χ1n) is 19.6. The SMILES string of the molecule is CC(=O)CCCCCCCCCCCCCCCCC(=O)NCC1CCC(C(=O)C[C@@H](CCC(=O)C[C@@H](CCC(C)=O)C(=O)O)C(=O)O)CC1. The number of carbonyl (C=O) groups is 7. The van der Waals surface area contributed by atoms with Crippen molar-refractivity contribution in [2.75, 3.05) is 6.54 Å². The molecule has 0 saturated heterocycles. The third-order valence-corrected chi connectivity index (χ3v) is 10.3. The first kappa shape index (κ1) is 45.1. The van der Waals surface area contributed by atoms with Gasteiger partial charge in [0.2, 0.25) is 5.91 Å². The number of carboxylic acids is 2. The summed E-state index contributed by atoms with van der Waals surface area (Å²) in [5.41, 5.74) is 0. The van der Waals surface area contributed by atoms with Crippen LogP contribution >= 0.6 is 0 Å². The molecule has 286 valence electrons. The third-order valence-electron chi connectivity index (χ3n) is 10.3. The van der Waals surface area contributed by atoms with E-state index in [2.05, 4.69) is 5.32 Å². The monoisotopic (exact) mass is 705 g/mol. The highest BCUT2D eigenvalue weighted by molar-refractivity contribution is 5.87. The summed E-state index contributed by atoms with van der Waals surface area (Å²) in [7, 11) is 0. The fraction of sp³-hybridized carbons (Fsp3) is 0.825. The van der Waals surface area contributed by atoms with Crippen molar-refractivity contribution in [2.24, 2.45) is 23.7 Å². The minimum atomic E-state index is -1.15. The van der Waals surface area contributed by atoms with Crippen molar-refractivity contribution < 1.29 is 43.8 Å². The average Bonchev–Trinajstić information content (AvgIpc) is 3.06. The maximum absolute atomic E-state index is 12.9. The molecule has 1 aliphatic rings. The van der Waals surface area contributed by atoms with Crippen LogP contribution in [0, 0.1) is 23.7 Å². The topological polar surface area (TPSA) is 172 Å². The van der Waals surface area contributed by atoms with E-state index in [1.165, 1.54) is 71.1 Å². The predicted molar refractivity (Wildman–Crippen MR) is 194 cm³/mol. The molecule has 50 heavy (non-hydrogen) atoms. The van der Waals surface area contributed by atoms with Crippen LogP contribution in [0.25, 0.3) is 0 Å². The van der Waals surface area contributed by atoms with E-state index in [9.17, 15) is 43.8 Å². The number of Topliss-reactive ketones (excluding diaryl/α,β-unsaturated/α-hetero) is 4. The Morgan fingerprint density at radius 3 is 1.42 bits per heavy atom. The van der Waals surface area contributed by atoms with Gasteiger partial charge in [0.1, 0.15) is 23.1 Å². The number of aliphatic carboxylic acids is 2. The molecule has 0 radical (unpaired) electrons. The molecule has 0 aromatic heterocycles. The summed E-state index contributed by atoms with van der Waals surface area (Å²) in [6.07, 6.45) is 20.7. The third kappa shape index (κ3) is 23.5. The number of amides is 1. The minimum Gasteiger partial charge on any atom is -0.481 e. The zero-order valence-electron chi connectivity index (χ0n) is 31.2. The molecule has 2 atom stereocenters. The largest absolute Gasteiger partial charge is 0.481 e. The Morgan fingerprint density at radius 1 is 0.540 bits per heavy atom. The van der Waals surface area contributed by atoms with E-state index in [1.807, 2.05) is 0 Å². The standard InChI is InChI=1S/C40H67NO9/c1-30(42)17-15-13-11-9-7-5-3-4-6-8-10-12-14-16-18-38(46)41-29-32-20-23-33(24-21-32)37(45)28-35(40(49)50)25-26-36(44)27-34(39(47)48)22-19-31(2)43/h32-35H,3-29H2,1-2H3,(H,41,46)(H,47,48)(H,49,50)/t32?,33?,34-,35-/m1/s1. The molecule has 0 spiro atoms. The van der Waals surface area contributed by atoms with E-state index in [-0.39, 0.29) is 67.7 Å². The van der Waals surface area contributed by atoms with Gasteiger partial charge in [0.25, 0.3) is 0 Å². The van der Waals surface area contributed by atoms with E-state index in [0.29, 0.717) is 37.5 Å². The van der Waals surface area contributed by atoms with Gasteiger partial charge in [0.15, 0.2) is 0 Å². The predicted octanol–water partition coefficient (Wildman–Crippen LogP) is 8.21. The molecule has 0 aliphatic heterocycles. The number of unbranched alkanes of at least 4 members (excludes halogenated alkanes) is 13. The van der Waals surface area contributed by atoms with E-state index in [1.54, 1.807) is 6.92 Å². The molecule has 0 unspecified atom stereocenters. The molecule has 0 aromatic rings. The Morgan fingerprint density at radius 2 is 0.960 bits per heavy atom. The number of ketones is 4. The summed E-state index contributed by atoms with van der Waals surface area (Å²) in [6.45, 7) is 3.63. The van der Waals surface area contributed by atoms with Crippen molar-refractivity contribution in [3.05, 3.63) is 0 Å². The van der Waals surface area contributed by atoms with Gasteiger partial charge in [-0.25, -0.2) is 0 Å². The summed E-state index contributed by atoms with van der Waals surface area (Å²) < 4.78 is 0. The van der Waals surface area contributed by atoms with Crippen LogP contribution in [-0.2, 0) is 33.6 Å². The lowest BCUT2D eigenvalue weighted by Crippen LogP contribution is -2.33. The fourth-order valence-corrected chi connectivity index (χ4v) is 6.94. The lowest BCUT2D eigenvalue weighted by atomic mass is 9.77. The van der Waals surface area contributed by atoms with E-state index >= 15 is 0 Å². The normalized spacial score (nSPS) is 17.1. The molecule has 1 aliphatic carbocycles. The zero-order valence-corrected chi connectivity index (χ0v) is 31.2. The van der Waals surface area contributed by atoms with Crippen LogP contribution in [0.15, 0.2) is 0 Å². The first-order chi connectivity index (χ1) is 23.9. The minimum absolute atomic E-state index is 0.0209. The Bertz CT molecular complexity index is 1050. The van der Waals surface area contributed by atoms with E-state index in [0.717, 1.165) is 44.9 Å². The molecule has 1 amide bonds. The van der Waals surface area contributed by atoms with Crippen LogP contribution in [0.2, 0.25) is 0 Å². The Balaban J connectivity index is 2.12. The van der Waals surface area contributed by atoms with E-state index in [4.69, 9.17) is 0 Å². The highest BCUT2D eigenvalue weighted by Gasteiger charge is 2.31. The van der Waals surface area contributed by atoms with E-state index < -0.39 is 23.8 Å². The lowest BCUT2D eigenvalue weighted by Gasteiger charge is -2.28. The Labute approximate surface area is 300 Å². The zero-order chi connectivity index (χ0) is 37.1. The second kappa shape index (κ2) is 27.8. The second-order valence-electron chi connectivity index (χ2n) is 14.9. The van der Waals surface area contributed by atoms with Gasteiger partial charge < -0.3 is 25.1 Å². The maximum Gasteiger partial charge on any atom is 0.306 e. The van der Waals surface area contributed by atoms with Crippen molar-refractivity contribution in [1.29, 1.82) is 0 Å². The van der Waals surface area contributed by atoms with Gasteiger partial charge in [-0.05, 0) is 71.1 Å². The van der Waals surface area contributed by atoms with Crippen LogP contribution in [0.4, 0.5) is 0 Å². The average molecular weight is 706 g/mol. The van der Waals surface area contributed by atoms with Gasteiger partial charge in [-0.1, -0.05) is 77.0 Å². The summed E-state index contributed by atoms with van der Waals surface area (Å²) in [5.74, 6) is -4.44. The molecular formula is C40H67NO9. The molecule has 0 bridgehead atoms. The Hall–Kier alpha value is -2.91. The smallest absolute Gasteiger partial charge is 0.306 e. The van der Waals surface area contributed by atoms with Crippen LogP contribution in [0.5, 0.6) is 0 Å². The summed E-state index contributed by atoms with van der Waals surface area (Å²) in [6, 6.07) is 0. The lowest BCUT2D eigenvalue weighted by molar-refractivity contribution is -0.146. The molecule has 3 N–H and O–H groups in total. The van der Waals surface area contributed by atoms with Gasteiger partial charge in [0, 0.05) is 51.0 Å². The van der Waals surface area contributed by atoms with Crippen LogP contribution in [0.3, 0.4) is 0 Å². The molecule has 1 saturated carbocycles. The van der Waals surface area contributed by atoms with Crippen molar-refractivity contribution >= 4 is 41.0 Å². The molecule has 1 rings (SSSR count). The molecule has 10 nitrogen and oxygen atoms in total. The maximum atomic E-state index is 12.9. The van der Waals surface area contributed by atoms with Gasteiger partial charge in [-0.3, -0.25) is 24.0 Å². The number of rotatable bonds is 32. The van der Waals surface area contributed by atoms with Gasteiger partial charge in [-0.15, -0.1) is 0 Å². The van der Waals surface area contributed by atoms with Gasteiger partial charge in [0.05, 0.1) is 11.8 Å². The summed E-state index contributed by atoms with van der Waals surface area (Å²) in [5, 5.41) is 22.1. The number of carboxylic acid groups (broad SMARTS) is 2. The number of hydrogen-bond donors (Lipinski definition) is 3. The highest BCUT2D eigenvalue weighted by atomic mass is 16.4. The second-order valence-corrected chi connectivity index (χ2v) is 14.9. The quantitative estimate of drug-likeness (QED) is 0.0583. The molecule has 0 heterocycles. The van der Waals surface area contributed by atoms with Crippen LogP contribution in [-0.4, -0.2) is 57.7 Å². The summed E-state index contributed by atoms with van der Waals surface area (Å²) in [4.78, 5) is 83.1. The Kier molecular flexibility index (Phi) is 25.1. The number of hydrogen-bond acceptors (Lipinski definition) is 7. The van der Waals surface area contributed by atoms with Crippen molar-refractivity contribution in [1.82, 2.24) is 5.32 Å². The molecular weight excluding hydrogens is 638 g/mol. The summed E-state index contributed by atoms with van der Waals surface area (Å²) >= 11 is 0. The number of nitrogens with one attached hydrogen (secondary N) is 1. The van der Waals surface area contributed by atoms with Crippen molar-refractivity contribution in [2.45, 2.75) is 181 Å². The molecule has 10 heteroatoms. The fourth-order valence-electron chi connectivity index (χ4n) is 6.94. The molecule has 1 fully saturated rings. The van der Waals surface area contributed by atoms with Gasteiger partial charge >= 0.3 is 11.9 Å².